The predicted molar refractivity (Wildman–Crippen MR) is 78.5 cm³/mol. The first-order valence-corrected chi connectivity index (χ1v) is 6.81. The number of aliphatic hydroxyl groups is 1. The topological polar surface area (TPSA) is 86.8 Å². The molecule has 0 saturated carbocycles. The SMILES string of the molecule is C=C[C@H]1[C@H](O)[C@@H](N)CN1Cc1ccccc1.O=C(O)C(F)(F)F. The molecule has 8 heteroatoms. The highest BCUT2D eigenvalue weighted by atomic mass is 19.4. The van der Waals surface area contributed by atoms with Gasteiger partial charge in [-0.3, -0.25) is 4.90 Å². The van der Waals surface area contributed by atoms with Crippen molar-refractivity contribution in [1.29, 1.82) is 0 Å². The minimum atomic E-state index is -5.08. The van der Waals surface area contributed by atoms with Crippen LogP contribution in [0.25, 0.3) is 0 Å². The number of hydrogen-bond acceptors (Lipinski definition) is 4. The minimum Gasteiger partial charge on any atom is -0.475 e. The number of carboxylic acids is 1. The lowest BCUT2D eigenvalue weighted by molar-refractivity contribution is -0.192. The third-order valence-electron chi connectivity index (χ3n) is 3.37. The molecule has 1 aromatic rings. The molecular weight excluding hydrogens is 313 g/mol. The lowest BCUT2D eigenvalue weighted by Gasteiger charge is -2.22. The molecule has 0 spiro atoms. The molecule has 0 aromatic heterocycles. The van der Waals surface area contributed by atoms with E-state index in [1.54, 1.807) is 6.08 Å². The number of nitrogens with zero attached hydrogens (tertiary/aromatic N) is 1. The molecule has 1 saturated heterocycles. The molecule has 0 bridgehead atoms. The lowest BCUT2D eigenvalue weighted by Crippen LogP contribution is -2.36. The average Bonchev–Trinajstić information content (AvgIpc) is 2.74. The fourth-order valence-corrected chi connectivity index (χ4v) is 2.25. The van der Waals surface area contributed by atoms with E-state index in [1.807, 2.05) is 18.2 Å². The maximum Gasteiger partial charge on any atom is 0.490 e. The average molecular weight is 332 g/mol. The van der Waals surface area contributed by atoms with Crippen LogP contribution < -0.4 is 5.73 Å². The molecular formula is C15H19F3N2O3. The molecule has 1 aliphatic heterocycles. The minimum absolute atomic E-state index is 0.0322. The van der Waals surface area contributed by atoms with Gasteiger partial charge in [-0.15, -0.1) is 6.58 Å². The normalized spacial score (nSPS) is 24.7. The van der Waals surface area contributed by atoms with Crippen molar-refractivity contribution in [2.24, 2.45) is 5.73 Å². The molecule has 3 atom stereocenters. The molecule has 5 nitrogen and oxygen atoms in total. The summed E-state index contributed by atoms with van der Waals surface area (Å²) in [6.45, 7) is 5.29. The van der Waals surface area contributed by atoms with Crippen molar-refractivity contribution < 1.29 is 28.2 Å². The monoisotopic (exact) mass is 332 g/mol. The number of rotatable bonds is 3. The van der Waals surface area contributed by atoms with Gasteiger partial charge in [0.2, 0.25) is 0 Å². The number of carboxylic acid groups (broad SMARTS) is 1. The molecule has 4 N–H and O–H groups in total. The summed E-state index contributed by atoms with van der Waals surface area (Å²) in [6.07, 6.45) is -3.80. The van der Waals surface area contributed by atoms with E-state index in [0.717, 1.165) is 6.54 Å². The summed E-state index contributed by atoms with van der Waals surface area (Å²) in [5, 5.41) is 17.0. The molecule has 23 heavy (non-hydrogen) atoms. The number of carbonyl (C=O) groups is 1. The molecule has 1 aliphatic rings. The Morgan fingerprint density at radius 3 is 2.35 bits per heavy atom. The van der Waals surface area contributed by atoms with Crippen molar-refractivity contribution in [3.63, 3.8) is 0 Å². The number of aliphatic carboxylic acids is 1. The van der Waals surface area contributed by atoms with Crippen LogP contribution in [0.5, 0.6) is 0 Å². The van der Waals surface area contributed by atoms with Crippen molar-refractivity contribution in [2.75, 3.05) is 6.54 Å². The first-order chi connectivity index (χ1) is 10.7. The summed E-state index contributed by atoms with van der Waals surface area (Å²) in [4.78, 5) is 11.1. The Balaban J connectivity index is 0.000000322. The maximum atomic E-state index is 10.6. The quantitative estimate of drug-likeness (QED) is 0.728. The van der Waals surface area contributed by atoms with Gasteiger partial charge in [0.25, 0.3) is 0 Å². The van der Waals surface area contributed by atoms with E-state index >= 15 is 0 Å². The van der Waals surface area contributed by atoms with Crippen molar-refractivity contribution in [2.45, 2.75) is 30.9 Å². The zero-order chi connectivity index (χ0) is 17.6. The molecule has 1 aromatic carbocycles. The second-order valence-corrected chi connectivity index (χ2v) is 5.10. The maximum absolute atomic E-state index is 10.6. The number of benzene rings is 1. The number of halogens is 3. The van der Waals surface area contributed by atoms with Crippen LogP contribution in [0, 0.1) is 0 Å². The van der Waals surface area contributed by atoms with Gasteiger partial charge in [0.15, 0.2) is 0 Å². The van der Waals surface area contributed by atoms with Gasteiger partial charge >= 0.3 is 12.1 Å². The second-order valence-electron chi connectivity index (χ2n) is 5.10. The highest BCUT2D eigenvalue weighted by molar-refractivity contribution is 5.73. The molecule has 2 rings (SSSR count). The molecule has 0 amide bonds. The molecule has 0 unspecified atom stereocenters. The molecule has 0 aliphatic carbocycles. The van der Waals surface area contributed by atoms with Crippen LogP contribution in [0.15, 0.2) is 43.0 Å². The van der Waals surface area contributed by atoms with Gasteiger partial charge in [-0.1, -0.05) is 36.4 Å². The third-order valence-corrected chi connectivity index (χ3v) is 3.37. The van der Waals surface area contributed by atoms with Crippen LogP contribution in [-0.2, 0) is 11.3 Å². The van der Waals surface area contributed by atoms with E-state index in [9.17, 15) is 18.3 Å². The van der Waals surface area contributed by atoms with E-state index in [0.29, 0.717) is 6.54 Å². The van der Waals surface area contributed by atoms with E-state index in [2.05, 4.69) is 23.6 Å². The second kappa shape index (κ2) is 8.09. The number of alkyl halides is 3. The Morgan fingerprint density at radius 2 is 1.91 bits per heavy atom. The first kappa shape index (κ1) is 19.1. The number of hydrogen-bond donors (Lipinski definition) is 3. The van der Waals surface area contributed by atoms with Crippen LogP contribution >= 0.6 is 0 Å². The van der Waals surface area contributed by atoms with Gasteiger partial charge in [0.1, 0.15) is 0 Å². The Morgan fingerprint density at radius 1 is 1.39 bits per heavy atom. The van der Waals surface area contributed by atoms with E-state index in [-0.39, 0.29) is 12.1 Å². The van der Waals surface area contributed by atoms with Crippen molar-refractivity contribution in [3.05, 3.63) is 48.6 Å². The van der Waals surface area contributed by atoms with E-state index < -0.39 is 18.2 Å². The van der Waals surface area contributed by atoms with Crippen molar-refractivity contribution in [1.82, 2.24) is 4.90 Å². The molecule has 1 heterocycles. The first-order valence-electron chi connectivity index (χ1n) is 6.81. The van der Waals surface area contributed by atoms with Gasteiger partial charge in [-0.2, -0.15) is 13.2 Å². The Hall–Kier alpha value is -1.90. The summed E-state index contributed by atoms with van der Waals surface area (Å²) in [6, 6.07) is 9.99. The molecule has 1 fully saturated rings. The van der Waals surface area contributed by atoms with Gasteiger partial charge < -0.3 is 15.9 Å². The standard InChI is InChI=1S/C13H18N2O.C2HF3O2/c1-2-12-13(16)11(14)9-15(12)8-10-6-4-3-5-7-10;3-2(4,5)1(6)7/h2-7,11-13,16H,1,8-9,14H2;(H,6,7)/t11-,12-,13+;/m0./s1. The van der Waals surface area contributed by atoms with Crippen molar-refractivity contribution >= 4 is 5.97 Å². The van der Waals surface area contributed by atoms with E-state index in [4.69, 9.17) is 15.6 Å². The fourth-order valence-electron chi connectivity index (χ4n) is 2.25. The van der Waals surface area contributed by atoms with Crippen LogP contribution in [-0.4, -0.2) is 52.0 Å². The Bertz CT molecular complexity index is 522. The number of aliphatic hydroxyl groups excluding tert-OH is 1. The Kier molecular flexibility index (Phi) is 6.74. The van der Waals surface area contributed by atoms with Gasteiger partial charge in [-0.25, -0.2) is 4.79 Å². The number of likely N-dealkylation sites (tertiary alicyclic amines) is 1. The summed E-state index contributed by atoms with van der Waals surface area (Å²) < 4.78 is 31.7. The van der Waals surface area contributed by atoms with Crippen LogP contribution in [0.4, 0.5) is 13.2 Å². The Labute approximate surface area is 131 Å². The van der Waals surface area contributed by atoms with E-state index in [1.165, 1.54) is 5.56 Å². The van der Waals surface area contributed by atoms with Gasteiger partial charge in [-0.05, 0) is 5.56 Å². The highest BCUT2D eigenvalue weighted by Crippen LogP contribution is 2.20. The van der Waals surface area contributed by atoms with Crippen LogP contribution in [0.3, 0.4) is 0 Å². The van der Waals surface area contributed by atoms with Crippen LogP contribution in [0.1, 0.15) is 5.56 Å². The predicted octanol–water partition coefficient (Wildman–Crippen LogP) is 1.38. The summed E-state index contributed by atoms with van der Waals surface area (Å²) in [5.74, 6) is -2.76. The summed E-state index contributed by atoms with van der Waals surface area (Å²) in [5.41, 5.74) is 7.08. The third kappa shape index (κ3) is 5.66. The van der Waals surface area contributed by atoms with Gasteiger partial charge in [0, 0.05) is 19.1 Å². The fraction of sp³-hybridized carbons (Fsp3) is 0.400. The van der Waals surface area contributed by atoms with Crippen molar-refractivity contribution in [3.8, 4) is 0 Å². The zero-order valence-corrected chi connectivity index (χ0v) is 12.3. The smallest absolute Gasteiger partial charge is 0.475 e. The summed E-state index contributed by atoms with van der Waals surface area (Å²) >= 11 is 0. The largest absolute Gasteiger partial charge is 0.490 e. The van der Waals surface area contributed by atoms with Gasteiger partial charge in [0.05, 0.1) is 12.1 Å². The molecule has 0 radical (unpaired) electrons. The highest BCUT2D eigenvalue weighted by Gasteiger charge is 2.38. The molecule has 128 valence electrons. The zero-order valence-electron chi connectivity index (χ0n) is 12.3. The summed E-state index contributed by atoms with van der Waals surface area (Å²) in [7, 11) is 0. The van der Waals surface area contributed by atoms with Crippen LogP contribution in [0.2, 0.25) is 0 Å². The number of nitrogens with two attached hydrogens (primary N) is 1. The lowest BCUT2D eigenvalue weighted by atomic mass is 10.1.